The molecular formula is C23H36BrNO3. The van der Waals surface area contributed by atoms with Gasteiger partial charge in [-0.15, -0.1) is 0 Å². The lowest BCUT2D eigenvalue weighted by molar-refractivity contribution is -0.145. The highest BCUT2D eigenvalue weighted by Gasteiger charge is 2.17. The molecule has 0 aliphatic heterocycles. The van der Waals surface area contributed by atoms with Crippen LogP contribution in [0.5, 0.6) is 0 Å². The van der Waals surface area contributed by atoms with Crippen LogP contribution in [-0.2, 0) is 9.53 Å². The first-order valence-electron chi connectivity index (χ1n) is 10.8. The fraction of sp³-hybridized carbons (Fsp3) is 0.652. The van der Waals surface area contributed by atoms with E-state index in [1.165, 1.54) is 57.8 Å². The van der Waals surface area contributed by atoms with Gasteiger partial charge in [0.15, 0.2) is 0 Å². The molecule has 0 aliphatic carbocycles. The van der Waals surface area contributed by atoms with Gasteiger partial charge in [0.25, 0.3) is 5.91 Å². The van der Waals surface area contributed by atoms with Crippen molar-refractivity contribution < 1.29 is 14.3 Å². The summed E-state index contributed by atoms with van der Waals surface area (Å²) in [6, 6.07) is 6.41. The molecule has 5 heteroatoms. The SMILES string of the molecule is CCCCCCCCCCCCCOC(=O)[C@H](C)NC(=O)c1cccc(Br)c1. The highest BCUT2D eigenvalue weighted by atomic mass is 79.9. The van der Waals surface area contributed by atoms with Gasteiger partial charge in [0.1, 0.15) is 6.04 Å². The van der Waals surface area contributed by atoms with Crippen LogP contribution in [0, 0.1) is 0 Å². The molecule has 0 spiro atoms. The van der Waals surface area contributed by atoms with Gasteiger partial charge in [0.2, 0.25) is 0 Å². The predicted octanol–water partition coefficient (Wildman–Crippen LogP) is 6.42. The average Bonchev–Trinajstić information content (AvgIpc) is 2.68. The van der Waals surface area contributed by atoms with Crippen molar-refractivity contribution in [3.8, 4) is 0 Å². The standard InChI is InChI=1S/C23H36BrNO3/c1-3-4-5-6-7-8-9-10-11-12-13-17-28-23(27)19(2)25-22(26)20-15-14-16-21(24)18-20/h14-16,18-19H,3-13,17H2,1-2H3,(H,25,26)/t19-/m0/s1. The van der Waals surface area contributed by atoms with Crippen LogP contribution in [0.3, 0.4) is 0 Å². The number of esters is 1. The molecule has 0 saturated heterocycles. The molecule has 1 N–H and O–H groups in total. The Morgan fingerprint density at radius 1 is 0.964 bits per heavy atom. The van der Waals surface area contributed by atoms with Gasteiger partial charge >= 0.3 is 5.97 Å². The molecule has 1 amide bonds. The normalized spacial score (nSPS) is 11.8. The summed E-state index contributed by atoms with van der Waals surface area (Å²) in [7, 11) is 0. The first-order chi connectivity index (χ1) is 13.5. The largest absolute Gasteiger partial charge is 0.464 e. The van der Waals surface area contributed by atoms with Crippen LogP contribution in [0.15, 0.2) is 28.7 Å². The zero-order chi connectivity index (χ0) is 20.6. The van der Waals surface area contributed by atoms with E-state index in [1.54, 1.807) is 25.1 Å². The van der Waals surface area contributed by atoms with E-state index in [0.717, 1.165) is 17.3 Å². The third-order valence-electron chi connectivity index (χ3n) is 4.78. The van der Waals surface area contributed by atoms with E-state index in [-0.39, 0.29) is 11.9 Å². The molecule has 4 nitrogen and oxygen atoms in total. The number of halogens is 1. The molecule has 0 heterocycles. The molecule has 0 aromatic heterocycles. The first kappa shape index (κ1) is 24.7. The number of benzene rings is 1. The van der Waals surface area contributed by atoms with Crippen molar-refractivity contribution in [2.75, 3.05) is 6.61 Å². The third-order valence-corrected chi connectivity index (χ3v) is 5.27. The number of hydrogen-bond acceptors (Lipinski definition) is 3. The van der Waals surface area contributed by atoms with Gasteiger partial charge in [-0.1, -0.05) is 93.1 Å². The Bertz CT molecular complexity index is 577. The zero-order valence-corrected chi connectivity index (χ0v) is 19.1. The lowest BCUT2D eigenvalue weighted by Gasteiger charge is -2.13. The molecule has 0 bridgehead atoms. The molecule has 0 aliphatic rings. The molecule has 0 radical (unpaired) electrons. The molecule has 1 atom stereocenters. The molecule has 0 unspecified atom stereocenters. The Kier molecular flexibility index (Phi) is 13.7. The Morgan fingerprint density at radius 2 is 1.54 bits per heavy atom. The van der Waals surface area contributed by atoms with Crippen LogP contribution in [-0.4, -0.2) is 24.5 Å². The maximum absolute atomic E-state index is 12.1. The van der Waals surface area contributed by atoms with Crippen LogP contribution < -0.4 is 5.32 Å². The summed E-state index contributed by atoms with van der Waals surface area (Å²) >= 11 is 3.34. The van der Waals surface area contributed by atoms with E-state index in [4.69, 9.17) is 4.74 Å². The molecule has 0 saturated carbocycles. The average molecular weight is 454 g/mol. The fourth-order valence-corrected chi connectivity index (χ4v) is 3.43. The number of carbonyl (C=O) groups excluding carboxylic acids is 2. The maximum Gasteiger partial charge on any atom is 0.328 e. The highest BCUT2D eigenvalue weighted by molar-refractivity contribution is 9.10. The van der Waals surface area contributed by atoms with E-state index in [1.807, 2.05) is 6.07 Å². The summed E-state index contributed by atoms with van der Waals surface area (Å²) in [5.41, 5.74) is 0.513. The van der Waals surface area contributed by atoms with Crippen molar-refractivity contribution >= 4 is 27.8 Å². The quantitative estimate of drug-likeness (QED) is 0.246. The van der Waals surface area contributed by atoms with Crippen LogP contribution in [0.25, 0.3) is 0 Å². The van der Waals surface area contributed by atoms with E-state index in [9.17, 15) is 9.59 Å². The number of unbranched alkanes of at least 4 members (excludes halogenated alkanes) is 10. The smallest absolute Gasteiger partial charge is 0.328 e. The second-order valence-corrected chi connectivity index (χ2v) is 8.32. The topological polar surface area (TPSA) is 55.4 Å². The van der Waals surface area contributed by atoms with E-state index in [2.05, 4.69) is 28.2 Å². The van der Waals surface area contributed by atoms with E-state index in [0.29, 0.717) is 12.2 Å². The van der Waals surface area contributed by atoms with Crippen molar-refractivity contribution in [3.05, 3.63) is 34.3 Å². The summed E-state index contributed by atoms with van der Waals surface area (Å²) < 4.78 is 6.11. The molecule has 158 valence electrons. The van der Waals surface area contributed by atoms with Crippen LogP contribution in [0.1, 0.15) is 94.8 Å². The van der Waals surface area contributed by atoms with Crippen LogP contribution in [0.2, 0.25) is 0 Å². The number of rotatable bonds is 15. The minimum Gasteiger partial charge on any atom is -0.464 e. The highest BCUT2D eigenvalue weighted by Crippen LogP contribution is 2.12. The summed E-state index contributed by atoms with van der Waals surface area (Å²) in [4.78, 5) is 24.2. The van der Waals surface area contributed by atoms with Crippen molar-refractivity contribution in [2.45, 2.75) is 90.5 Å². The first-order valence-corrected chi connectivity index (χ1v) is 11.6. The van der Waals surface area contributed by atoms with Gasteiger partial charge in [-0.3, -0.25) is 4.79 Å². The summed E-state index contributed by atoms with van der Waals surface area (Å²) in [6.07, 6.45) is 13.9. The molecule has 0 fully saturated rings. The molecule has 1 rings (SSSR count). The Hall–Kier alpha value is -1.36. The van der Waals surface area contributed by atoms with Crippen LogP contribution >= 0.6 is 15.9 Å². The van der Waals surface area contributed by atoms with Crippen molar-refractivity contribution in [2.24, 2.45) is 0 Å². The number of carbonyl (C=O) groups is 2. The summed E-state index contributed by atoms with van der Waals surface area (Å²) in [6.45, 7) is 4.32. The second kappa shape index (κ2) is 15.5. The van der Waals surface area contributed by atoms with Crippen molar-refractivity contribution in [1.29, 1.82) is 0 Å². The predicted molar refractivity (Wildman–Crippen MR) is 118 cm³/mol. The number of amides is 1. The number of nitrogens with one attached hydrogen (secondary N) is 1. The van der Waals surface area contributed by atoms with Crippen molar-refractivity contribution in [1.82, 2.24) is 5.32 Å². The number of ether oxygens (including phenoxy) is 1. The lowest BCUT2D eigenvalue weighted by atomic mass is 10.1. The lowest BCUT2D eigenvalue weighted by Crippen LogP contribution is -2.39. The van der Waals surface area contributed by atoms with E-state index < -0.39 is 6.04 Å². The van der Waals surface area contributed by atoms with Gasteiger partial charge in [-0.2, -0.15) is 0 Å². The monoisotopic (exact) mass is 453 g/mol. The number of hydrogen-bond donors (Lipinski definition) is 1. The minimum absolute atomic E-state index is 0.277. The Balaban J connectivity index is 2.03. The van der Waals surface area contributed by atoms with Gasteiger partial charge in [0, 0.05) is 10.0 Å². The Labute approximate surface area is 178 Å². The van der Waals surface area contributed by atoms with Gasteiger partial charge in [-0.05, 0) is 31.5 Å². The van der Waals surface area contributed by atoms with Crippen molar-refractivity contribution in [3.63, 3.8) is 0 Å². The molecule has 1 aromatic rings. The van der Waals surface area contributed by atoms with E-state index >= 15 is 0 Å². The summed E-state index contributed by atoms with van der Waals surface area (Å²) in [5.74, 6) is -0.657. The van der Waals surface area contributed by atoms with Gasteiger partial charge in [-0.25, -0.2) is 4.79 Å². The maximum atomic E-state index is 12.1. The molecular weight excluding hydrogens is 418 g/mol. The second-order valence-electron chi connectivity index (χ2n) is 7.41. The summed E-state index contributed by atoms with van der Waals surface area (Å²) in [5, 5.41) is 2.68. The molecule has 1 aromatic carbocycles. The van der Waals surface area contributed by atoms with Gasteiger partial charge in [0.05, 0.1) is 6.61 Å². The fourth-order valence-electron chi connectivity index (χ4n) is 3.03. The zero-order valence-electron chi connectivity index (χ0n) is 17.5. The van der Waals surface area contributed by atoms with Gasteiger partial charge < -0.3 is 10.1 Å². The minimum atomic E-state index is -0.654. The molecule has 28 heavy (non-hydrogen) atoms. The third kappa shape index (κ3) is 11.5. The Morgan fingerprint density at radius 3 is 2.11 bits per heavy atom. The van der Waals surface area contributed by atoms with Crippen LogP contribution in [0.4, 0.5) is 0 Å².